The molecule has 32 heavy (non-hydrogen) atoms. The zero-order chi connectivity index (χ0) is 22.3. The van der Waals surface area contributed by atoms with Gasteiger partial charge in [-0.25, -0.2) is 17.9 Å². The second kappa shape index (κ2) is 8.03. The molecule has 5 rings (SSSR count). The molecule has 2 aromatic heterocycles. The summed E-state index contributed by atoms with van der Waals surface area (Å²) in [6, 6.07) is 11.9. The average Bonchev–Trinajstić information content (AvgIpc) is 3.30. The van der Waals surface area contributed by atoms with E-state index < -0.39 is 15.8 Å². The van der Waals surface area contributed by atoms with Crippen molar-refractivity contribution in [1.29, 1.82) is 0 Å². The Bertz CT molecular complexity index is 1430. The van der Waals surface area contributed by atoms with E-state index in [0.29, 0.717) is 23.1 Å². The highest BCUT2D eigenvalue weighted by molar-refractivity contribution is 7.89. The standard InChI is InChI=1S/C22H22N4O5S/c1-14-5-7-15(8-6-14)12-23-32(28,29)17-9-10-18-19(11-17)30-22(27)26(18)13-20-24-21(31-25-20)16-3-2-4-16/h5-11,16,23H,2-4,12-13H2,1H3. The summed E-state index contributed by atoms with van der Waals surface area (Å²) in [5, 5.41) is 3.96. The van der Waals surface area contributed by atoms with Crippen LogP contribution in [0.1, 0.15) is 48.0 Å². The minimum Gasteiger partial charge on any atom is -0.408 e. The van der Waals surface area contributed by atoms with Crippen LogP contribution in [-0.4, -0.2) is 23.1 Å². The Balaban J connectivity index is 1.36. The number of aryl methyl sites for hydroxylation is 1. The average molecular weight is 455 g/mol. The highest BCUT2D eigenvalue weighted by Crippen LogP contribution is 2.35. The molecule has 0 spiro atoms. The first kappa shape index (κ1) is 20.7. The molecule has 1 N–H and O–H groups in total. The van der Waals surface area contributed by atoms with Crippen LogP contribution in [-0.2, 0) is 23.1 Å². The van der Waals surface area contributed by atoms with Crippen molar-refractivity contribution in [3.63, 3.8) is 0 Å². The Morgan fingerprint density at radius 2 is 1.94 bits per heavy atom. The zero-order valence-electron chi connectivity index (χ0n) is 17.4. The van der Waals surface area contributed by atoms with Gasteiger partial charge in [-0.3, -0.25) is 4.57 Å². The van der Waals surface area contributed by atoms with Crippen LogP contribution in [0.5, 0.6) is 0 Å². The molecule has 0 unspecified atom stereocenters. The molecular formula is C22H22N4O5S. The molecule has 0 radical (unpaired) electrons. The number of fused-ring (bicyclic) bond motifs is 1. The number of hydrogen-bond acceptors (Lipinski definition) is 7. The van der Waals surface area contributed by atoms with Crippen molar-refractivity contribution in [2.45, 2.75) is 50.1 Å². The van der Waals surface area contributed by atoms with E-state index >= 15 is 0 Å². The van der Waals surface area contributed by atoms with Gasteiger partial charge in [0.1, 0.15) is 0 Å². The highest BCUT2D eigenvalue weighted by atomic mass is 32.2. The van der Waals surface area contributed by atoms with Gasteiger partial charge in [-0.1, -0.05) is 41.4 Å². The Kier molecular flexibility index (Phi) is 5.18. The fraction of sp³-hybridized carbons (Fsp3) is 0.318. The van der Waals surface area contributed by atoms with Crippen molar-refractivity contribution in [2.24, 2.45) is 0 Å². The van der Waals surface area contributed by atoms with E-state index in [1.807, 2.05) is 31.2 Å². The third kappa shape index (κ3) is 3.98. The summed E-state index contributed by atoms with van der Waals surface area (Å²) in [6.45, 7) is 2.21. The fourth-order valence-electron chi connectivity index (χ4n) is 3.63. The molecule has 0 bridgehead atoms. The summed E-state index contributed by atoms with van der Waals surface area (Å²) >= 11 is 0. The lowest BCUT2D eigenvalue weighted by Crippen LogP contribution is -2.23. The fourth-order valence-corrected chi connectivity index (χ4v) is 4.66. The number of rotatable bonds is 7. The van der Waals surface area contributed by atoms with Crippen molar-refractivity contribution in [3.8, 4) is 0 Å². The molecule has 0 saturated heterocycles. The maximum Gasteiger partial charge on any atom is 0.420 e. The van der Waals surface area contributed by atoms with Gasteiger partial charge in [0.15, 0.2) is 11.4 Å². The number of nitrogens with zero attached hydrogens (tertiary/aromatic N) is 3. The van der Waals surface area contributed by atoms with Crippen LogP contribution in [0.4, 0.5) is 0 Å². The number of nitrogens with one attached hydrogen (secondary N) is 1. The summed E-state index contributed by atoms with van der Waals surface area (Å²) in [6.07, 6.45) is 3.22. The first-order valence-corrected chi connectivity index (χ1v) is 11.9. The normalized spacial score (nSPS) is 14.7. The molecule has 2 heterocycles. The van der Waals surface area contributed by atoms with Crippen molar-refractivity contribution < 1.29 is 17.4 Å². The van der Waals surface area contributed by atoms with Gasteiger partial charge in [0.2, 0.25) is 15.9 Å². The molecule has 1 saturated carbocycles. The van der Waals surface area contributed by atoms with Crippen molar-refractivity contribution in [2.75, 3.05) is 0 Å². The largest absolute Gasteiger partial charge is 0.420 e. The van der Waals surface area contributed by atoms with Gasteiger partial charge in [0, 0.05) is 18.5 Å². The van der Waals surface area contributed by atoms with Crippen molar-refractivity contribution >= 4 is 21.1 Å². The van der Waals surface area contributed by atoms with E-state index in [1.54, 1.807) is 6.07 Å². The first-order chi connectivity index (χ1) is 15.4. The number of sulfonamides is 1. The molecule has 0 aliphatic heterocycles. The molecule has 1 fully saturated rings. The SMILES string of the molecule is Cc1ccc(CNS(=O)(=O)c2ccc3c(c2)oc(=O)n3Cc2noc(C3CCC3)n2)cc1. The van der Waals surface area contributed by atoms with Crippen LogP contribution in [0.2, 0.25) is 0 Å². The second-order valence-corrected chi connectivity index (χ2v) is 9.84. The van der Waals surface area contributed by atoms with Crippen LogP contribution in [0.3, 0.4) is 0 Å². The topological polar surface area (TPSA) is 120 Å². The third-order valence-corrected chi connectivity index (χ3v) is 7.17. The first-order valence-electron chi connectivity index (χ1n) is 10.4. The van der Waals surface area contributed by atoms with E-state index in [4.69, 9.17) is 8.94 Å². The minimum absolute atomic E-state index is 0.0184. The smallest absolute Gasteiger partial charge is 0.408 e. The Hall–Kier alpha value is -3.24. The number of benzene rings is 2. The molecule has 2 aromatic carbocycles. The Morgan fingerprint density at radius 1 is 1.16 bits per heavy atom. The van der Waals surface area contributed by atoms with Crippen LogP contribution < -0.4 is 10.5 Å². The molecule has 0 amide bonds. The van der Waals surface area contributed by atoms with Crippen LogP contribution >= 0.6 is 0 Å². The van der Waals surface area contributed by atoms with E-state index in [1.165, 1.54) is 16.7 Å². The van der Waals surface area contributed by atoms with Gasteiger partial charge in [-0.15, -0.1) is 0 Å². The summed E-state index contributed by atoms with van der Waals surface area (Å²) in [5.74, 6) is 0.666. The molecule has 9 nitrogen and oxygen atoms in total. The summed E-state index contributed by atoms with van der Waals surface area (Å²) in [7, 11) is -3.79. The van der Waals surface area contributed by atoms with Gasteiger partial charge in [0.05, 0.1) is 17.0 Å². The quantitative estimate of drug-likeness (QED) is 0.456. The molecule has 1 aliphatic rings. The van der Waals surface area contributed by atoms with Crippen LogP contribution in [0.25, 0.3) is 11.1 Å². The van der Waals surface area contributed by atoms with Crippen LogP contribution in [0.15, 0.2) is 61.1 Å². The third-order valence-electron chi connectivity index (χ3n) is 5.77. The van der Waals surface area contributed by atoms with Gasteiger partial charge in [-0.2, -0.15) is 4.98 Å². The van der Waals surface area contributed by atoms with E-state index in [9.17, 15) is 13.2 Å². The van der Waals surface area contributed by atoms with Gasteiger partial charge < -0.3 is 8.94 Å². The number of oxazole rings is 1. The van der Waals surface area contributed by atoms with E-state index in [-0.39, 0.29) is 23.6 Å². The molecular weight excluding hydrogens is 432 g/mol. The zero-order valence-corrected chi connectivity index (χ0v) is 18.3. The molecule has 4 aromatic rings. The van der Waals surface area contributed by atoms with E-state index in [0.717, 1.165) is 30.4 Å². The summed E-state index contributed by atoms with van der Waals surface area (Å²) < 4.78 is 40.0. The highest BCUT2D eigenvalue weighted by Gasteiger charge is 2.26. The Morgan fingerprint density at radius 3 is 2.66 bits per heavy atom. The Labute approximate surface area is 184 Å². The lowest BCUT2D eigenvalue weighted by molar-refractivity contribution is 0.291. The molecule has 166 valence electrons. The van der Waals surface area contributed by atoms with E-state index in [2.05, 4.69) is 14.9 Å². The minimum atomic E-state index is -3.79. The molecule has 0 atom stereocenters. The lowest BCUT2D eigenvalue weighted by Gasteiger charge is -2.20. The summed E-state index contributed by atoms with van der Waals surface area (Å²) in [5.41, 5.74) is 2.58. The predicted octanol–water partition coefficient (Wildman–Crippen LogP) is 3.08. The number of aromatic nitrogens is 3. The lowest BCUT2D eigenvalue weighted by atomic mass is 9.85. The maximum absolute atomic E-state index is 12.7. The number of hydrogen-bond donors (Lipinski definition) is 1. The second-order valence-electron chi connectivity index (χ2n) is 8.07. The van der Waals surface area contributed by atoms with Gasteiger partial charge in [0.25, 0.3) is 0 Å². The summed E-state index contributed by atoms with van der Waals surface area (Å²) in [4.78, 5) is 16.8. The van der Waals surface area contributed by atoms with Gasteiger partial charge in [-0.05, 0) is 37.5 Å². The van der Waals surface area contributed by atoms with Crippen molar-refractivity contribution in [1.82, 2.24) is 19.4 Å². The van der Waals surface area contributed by atoms with Crippen LogP contribution in [0, 0.1) is 6.92 Å². The van der Waals surface area contributed by atoms with Crippen molar-refractivity contribution in [3.05, 3.63) is 75.9 Å². The molecule has 1 aliphatic carbocycles. The monoisotopic (exact) mass is 454 g/mol. The van der Waals surface area contributed by atoms with Gasteiger partial charge >= 0.3 is 5.76 Å². The maximum atomic E-state index is 12.7. The molecule has 10 heteroatoms. The predicted molar refractivity (Wildman–Crippen MR) is 116 cm³/mol.